The van der Waals surface area contributed by atoms with Crippen LogP contribution in [0.25, 0.3) is 0 Å². The molecule has 1 heterocycles. The van der Waals surface area contributed by atoms with Gasteiger partial charge in [-0.05, 0) is 99.9 Å². The zero-order chi connectivity index (χ0) is 17.7. The van der Waals surface area contributed by atoms with E-state index < -0.39 is 0 Å². The van der Waals surface area contributed by atoms with Crippen molar-refractivity contribution in [2.24, 2.45) is 23.2 Å². The van der Waals surface area contributed by atoms with Gasteiger partial charge in [0.25, 0.3) is 5.91 Å². The number of fused-ring (bicyclic) bond motifs is 1. The van der Waals surface area contributed by atoms with E-state index in [1.54, 1.807) is 0 Å². The highest BCUT2D eigenvalue weighted by Crippen LogP contribution is 2.61. The summed E-state index contributed by atoms with van der Waals surface area (Å²) in [6, 6.07) is 2.55. The maximum Gasteiger partial charge on any atom is 0.286 e. The third kappa shape index (κ3) is 2.97. The third-order valence-corrected chi connectivity index (χ3v) is 8.05. The number of amides is 1. The highest BCUT2D eigenvalue weighted by atomic mass is 16.2. The average Bonchev–Trinajstić information content (AvgIpc) is 2.60. The number of aromatic nitrogens is 1. The zero-order valence-corrected chi connectivity index (χ0v) is 16.2. The third-order valence-electron chi connectivity index (χ3n) is 8.05. The maximum absolute atomic E-state index is 12.8. The molecule has 4 saturated carbocycles. The molecule has 5 aliphatic carbocycles. The van der Waals surface area contributed by atoms with E-state index in [1.807, 2.05) is 0 Å². The van der Waals surface area contributed by atoms with Gasteiger partial charge in [0, 0.05) is 17.7 Å². The first-order valence-corrected chi connectivity index (χ1v) is 10.9. The summed E-state index contributed by atoms with van der Waals surface area (Å²) in [5, 5.41) is 3.41. The molecule has 0 saturated heterocycles. The first-order valence-electron chi connectivity index (χ1n) is 10.9. The molecule has 26 heavy (non-hydrogen) atoms. The van der Waals surface area contributed by atoms with E-state index in [-0.39, 0.29) is 5.91 Å². The second-order valence-corrected chi connectivity index (χ2v) is 9.94. The molecule has 0 aromatic carbocycles. The Kier molecular flexibility index (Phi) is 4.10. The van der Waals surface area contributed by atoms with Crippen LogP contribution in [0.4, 0.5) is 0 Å². The number of aryl methyl sites for hydroxylation is 2. The van der Waals surface area contributed by atoms with Crippen molar-refractivity contribution in [1.82, 2.24) is 5.32 Å². The molecule has 1 aromatic rings. The van der Waals surface area contributed by atoms with Gasteiger partial charge < -0.3 is 5.32 Å². The van der Waals surface area contributed by atoms with Crippen molar-refractivity contribution in [3.63, 3.8) is 0 Å². The van der Waals surface area contributed by atoms with E-state index in [2.05, 4.69) is 35.3 Å². The standard InChI is InChI=1S/C23H32N2O/c1-16(23-11-17-8-18(12-23)10-19(9-17)13-23)24-22(26)15-25-7-6-20-4-2-3-5-21(20)14-25/h6-7,14,16-19H,2-5,8-13,15H2,1H3/p+1/t16-,17?,18?,19?,23?/m1/s1. The summed E-state index contributed by atoms with van der Waals surface area (Å²) in [6.07, 6.45) is 17.7. The molecule has 1 amide bonds. The molecule has 1 N–H and O–H groups in total. The molecule has 4 fully saturated rings. The molecule has 4 bridgehead atoms. The van der Waals surface area contributed by atoms with Crippen LogP contribution in [0.3, 0.4) is 0 Å². The van der Waals surface area contributed by atoms with E-state index in [4.69, 9.17) is 0 Å². The number of nitrogens with one attached hydrogen (secondary N) is 1. The number of carbonyl (C=O) groups excluding carboxylic acids is 1. The van der Waals surface area contributed by atoms with Crippen molar-refractivity contribution in [1.29, 1.82) is 0 Å². The minimum absolute atomic E-state index is 0.189. The summed E-state index contributed by atoms with van der Waals surface area (Å²) in [4.78, 5) is 12.8. The molecule has 140 valence electrons. The van der Waals surface area contributed by atoms with E-state index in [0.717, 1.165) is 17.8 Å². The van der Waals surface area contributed by atoms with Gasteiger partial charge in [0.1, 0.15) is 0 Å². The van der Waals surface area contributed by atoms with Gasteiger partial charge in [0.05, 0.1) is 0 Å². The van der Waals surface area contributed by atoms with E-state index in [9.17, 15) is 4.79 Å². The summed E-state index contributed by atoms with van der Waals surface area (Å²) >= 11 is 0. The van der Waals surface area contributed by atoms with Crippen LogP contribution in [0, 0.1) is 23.2 Å². The molecule has 1 atom stereocenters. The predicted molar refractivity (Wildman–Crippen MR) is 101 cm³/mol. The fourth-order valence-corrected chi connectivity index (χ4v) is 7.13. The van der Waals surface area contributed by atoms with Gasteiger partial charge in [0.15, 0.2) is 12.4 Å². The Hall–Kier alpha value is -1.38. The van der Waals surface area contributed by atoms with Crippen molar-refractivity contribution in [3.05, 3.63) is 29.6 Å². The molecule has 3 heteroatoms. The van der Waals surface area contributed by atoms with Gasteiger partial charge in [-0.3, -0.25) is 4.79 Å². The number of nitrogens with zero attached hydrogens (tertiary/aromatic N) is 1. The average molecular weight is 354 g/mol. The summed E-state index contributed by atoms with van der Waals surface area (Å²) in [7, 11) is 0. The van der Waals surface area contributed by atoms with E-state index in [0.29, 0.717) is 18.0 Å². The summed E-state index contributed by atoms with van der Waals surface area (Å²) in [5.41, 5.74) is 3.32. The van der Waals surface area contributed by atoms with Gasteiger partial charge in [-0.1, -0.05) is 0 Å². The summed E-state index contributed by atoms with van der Waals surface area (Å²) in [5.74, 6) is 3.01. The Balaban J connectivity index is 1.24. The molecule has 0 aliphatic heterocycles. The van der Waals surface area contributed by atoms with Crippen LogP contribution in [-0.4, -0.2) is 11.9 Å². The second kappa shape index (κ2) is 6.35. The number of rotatable bonds is 4. The zero-order valence-electron chi connectivity index (χ0n) is 16.2. The van der Waals surface area contributed by atoms with Crippen molar-refractivity contribution < 1.29 is 9.36 Å². The molecule has 6 rings (SSSR count). The van der Waals surface area contributed by atoms with Crippen molar-refractivity contribution >= 4 is 5.91 Å². The van der Waals surface area contributed by atoms with Gasteiger partial charge in [-0.25, -0.2) is 0 Å². The maximum atomic E-state index is 12.8. The van der Waals surface area contributed by atoms with Crippen LogP contribution in [0.2, 0.25) is 0 Å². The van der Waals surface area contributed by atoms with E-state index >= 15 is 0 Å². The Morgan fingerprint density at radius 1 is 1.12 bits per heavy atom. The number of hydrogen-bond donors (Lipinski definition) is 1. The fourth-order valence-electron chi connectivity index (χ4n) is 7.13. The quantitative estimate of drug-likeness (QED) is 0.825. The highest BCUT2D eigenvalue weighted by molar-refractivity contribution is 5.74. The predicted octanol–water partition coefficient (Wildman–Crippen LogP) is 3.57. The number of hydrogen-bond acceptors (Lipinski definition) is 1. The molecular formula is C23H33N2O+. The van der Waals surface area contributed by atoms with Crippen LogP contribution >= 0.6 is 0 Å². The van der Waals surface area contributed by atoms with Crippen molar-refractivity contribution in [2.45, 2.75) is 83.7 Å². The summed E-state index contributed by atoms with van der Waals surface area (Å²) in [6.45, 7) is 2.74. The first kappa shape index (κ1) is 16.8. The molecule has 0 unspecified atom stereocenters. The Morgan fingerprint density at radius 2 is 1.73 bits per heavy atom. The van der Waals surface area contributed by atoms with E-state index in [1.165, 1.54) is 75.3 Å². The normalized spacial score (nSPS) is 35.8. The van der Waals surface area contributed by atoms with Crippen LogP contribution in [0.1, 0.15) is 69.4 Å². The smallest absolute Gasteiger partial charge is 0.286 e. The lowest BCUT2D eigenvalue weighted by atomic mass is 9.48. The topological polar surface area (TPSA) is 33.0 Å². The molecule has 0 spiro atoms. The Morgan fingerprint density at radius 3 is 2.38 bits per heavy atom. The first-order chi connectivity index (χ1) is 12.6. The lowest BCUT2D eigenvalue weighted by molar-refractivity contribution is -0.685. The monoisotopic (exact) mass is 353 g/mol. The molecule has 3 nitrogen and oxygen atoms in total. The van der Waals surface area contributed by atoms with Crippen LogP contribution < -0.4 is 9.88 Å². The Labute approximate surface area is 157 Å². The Bertz CT molecular complexity index is 675. The van der Waals surface area contributed by atoms with Gasteiger partial charge in [-0.2, -0.15) is 4.57 Å². The molecular weight excluding hydrogens is 320 g/mol. The number of pyridine rings is 1. The van der Waals surface area contributed by atoms with Crippen LogP contribution in [-0.2, 0) is 24.2 Å². The van der Waals surface area contributed by atoms with Crippen molar-refractivity contribution in [3.8, 4) is 0 Å². The SMILES string of the molecule is C[C@@H](NC(=O)C[n+]1ccc2c(c1)CCCC2)C12CC3CC(CC(C3)C1)C2. The second-order valence-electron chi connectivity index (χ2n) is 9.94. The van der Waals surface area contributed by atoms with Gasteiger partial charge in [-0.15, -0.1) is 0 Å². The highest BCUT2D eigenvalue weighted by Gasteiger charge is 2.53. The van der Waals surface area contributed by atoms with Gasteiger partial charge >= 0.3 is 0 Å². The van der Waals surface area contributed by atoms with Crippen LogP contribution in [0.5, 0.6) is 0 Å². The summed E-state index contributed by atoms with van der Waals surface area (Å²) < 4.78 is 2.09. The number of carbonyl (C=O) groups is 1. The molecule has 0 radical (unpaired) electrons. The largest absolute Gasteiger partial charge is 0.348 e. The van der Waals surface area contributed by atoms with Gasteiger partial charge in [0.2, 0.25) is 6.54 Å². The molecule has 1 aromatic heterocycles. The minimum Gasteiger partial charge on any atom is -0.348 e. The fraction of sp³-hybridized carbons (Fsp3) is 0.739. The lowest BCUT2D eigenvalue weighted by Crippen LogP contribution is -2.57. The van der Waals surface area contributed by atoms with Crippen LogP contribution in [0.15, 0.2) is 18.5 Å². The van der Waals surface area contributed by atoms with Crippen molar-refractivity contribution in [2.75, 3.05) is 0 Å². The lowest BCUT2D eigenvalue weighted by Gasteiger charge is -2.59. The molecule has 5 aliphatic rings. The minimum atomic E-state index is 0.189.